The predicted molar refractivity (Wildman–Crippen MR) is 62.6 cm³/mol. The van der Waals surface area contributed by atoms with Crippen LogP contribution in [0, 0.1) is 0 Å². The average molecular weight is 243 g/mol. The topological polar surface area (TPSA) is 69.4 Å². The summed E-state index contributed by atoms with van der Waals surface area (Å²) in [6, 6.07) is 0.162. The van der Waals surface area contributed by atoms with Gasteiger partial charge in [0.15, 0.2) is 0 Å². The average Bonchev–Trinajstić information content (AvgIpc) is 2.78. The molecule has 6 heteroatoms. The number of hydrogen-bond donors (Lipinski definition) is 1. The molecular formula is C11H21N3O3. The summed E-state index contributed by atoms with van der Waals surface area (Å²) in [5.74, 6) is 0. The molecule has 6 nitrogen and oxygen atoms in total. The van der Waals surface area contributed by atoms with Crippen molar-refractivity contribution in [1.29, 1.82) is 0 Å². The number of rotatable bonds is 7. The van der Waals surface area contributed by atoms with Gasteiger partial charge in [0.2, 0.25) is 0 Å². The first-order valence-electron chi connectivity index (χ1n) is 5.72. The Morgan fingerprint density at radius 2 is 2.06 bits per heavy atom. The molecule has 17 heavy (non-hydrogen) atoms. The van der Waals surface area contributed by atoms with E-state index in [1.807, 2.05) is 13.8 Å². The number of aromatic nitrogens is 3. The zero-order valence-electron chi connectivity index (χ0n) is 10.9. The van der Waals surface area contributed by atoms with Gasteiger partial charge in [0.1, 0.15) is 5.69 Å². The van der Waals surface area contributed by atoms with Crippen molar-refractivity contribution in [3.63, 3.8) is 0 Å². The molecule has 0 bridgehead atoms. The first-order valence-corrected chi connectivity index (χ1v) is 5.72. The molecule has 0 saturated carbocycles. The molecule has 0 saturated heterocycles. The molecule has 0 aliphatic carbocycles. The van der Waals surface area contributed by atoms with Crippen molar-refractivity contribution in [3.8, 4) is 0 Å². The van der Waals surface area contributed by atoms with Gasteiger partial charge in [0.05, 0.1) is 24.4 Å². The smallest absolute Gasteiger partial charge is 0.114 e. The van der Waals surface area contributed by atoms with Gasteiger partial charge in [-0.3, -0.25) is 0 Å². The molecule has 1 heterocycles. The molecule has 1 aromatic rings. The van der Waals surface area contributed by atoms with E-state index in [4.69, 9.17) is 9.47 Å². The summed E-state index contributed by atoms with van der Waals surface area (Å²) in [6.07, 6.45) is 0.700. The van der Waals surface area contributed by atoms with Crippen LogP contribution < -0.4 is 0 Å². The Morgan fingerprint density at radius 1 is 1.35 bits per heavy atom. The summed E-state index contributed by atoms with van der Waals surface area (Å²) in [7, 11) is 3.30. The fourth-order valence-corrected chi connectivity index (χ4v) is 1.72. The zero-order chi connectivity index (χ0) is 12.8. The normalized spacial score (nSPS) is 14.9. The van der Waals surface area contributed by atoms with Gasteiger partial charge in [0.25, 0.3) is 0 Å². The molecule has 0 aliphatic heterocycles. The van der Waals surface area contributed by atoms with Crippen molar-refractivity contribution < 1.29 is 14.6 Å². The molecule has 0 aromatic carbocycles. The Labute approximate surface area is 102 Å². The maximum atomic E-state index is 9.24. The minimum atomic E-state index is -0.142. The van der Waals surface area contributed by atoms with E-state index in [1.165, 1.54) is 0 Å². The summed E-state index contributed by atoms with van der Waals surface area (Å²) in [5, 5.41) is 17.3. The Balaban J connectivity index is 2.94. The lowest BCUT2D eigenvalue weighted by atomic mass is 10.2. The van der Waals surface area contributed by atoms with E-state index < -0.39 is 0 Å². The number of methoxy groups -OCH3 is 2. The van der Waals surface area contributed by atoms with Gasteiger partial charge in [-0.05, 0) is 20.3 Å². The second kappa shape index (κ2) is 6.68. The highest BCUT2D eigenvalue weighted by molar-refractivity contribution is 5.12. The highest BCUT2D eigenvalue weighted by Gasteiger charge is 2.21. The van der Waals surface area contributed by atoms with Gasteiger partial charge in [0, 0.05) is 20.8 Å². The number of ether oxygens (including phenoxy) is 2. The molecule has 0 aliphatic rings. The van der Waals surface area contributed by atoms with Crippen LogP contribution in [0.5, 0.6) is 0 Å². The number of hydrogen-bond acceptors (Lipinski definition) is 5. The maximum absolute atomic E-state index is 9.24. The van der Waals surface area contributed by atoms with E-state index in [0.29, 0.717) is 12.3 Å². The summed E-state index contributed by atoms with van der Waals surface area (Å²) in [4.78, 5) is 0. The molecule has 2 unspecified atom stereocenters. The lowest BCUT2D eigenvalue weighted by Gasteiger charge is -2.18. The highest BCUT2D eigenvalue weighted by Crippen LogP contribution is 2.23. The van der Waals surface area contributed by atoms with Crippen LogP contribution in [0.25, 0.3) is 0 Å². The van der Waals surface area contributed by atoms with Crippen molar-refractivity contribution >= 4 is 0 Å². The van der Waals surface area contributed by atoms with Crippen LogP contribution in [0.2, 0.25) is 0 Å². The molecule has 1 aromatic heterocycles. The summed E-state index contributed by atoms with van der Waals surface area (Å²) < 4.78 is 12.1. The lowest BCUT2D eigenvalue weighted by Crippen LogP contribution is -2.16. The second-order valence-electron chi connectivity index (χ2n) is 4.03. The third kappa shape index (κ3) is 3.24. The fourth-order valence-electron chi connectivity index (χ4n) is 1.72. The highest BCUT2D eigenvalue weighted by atomic mass is 16.5. The molecule has 98 valence electrons. The minimum absolute atomic E-state index is 0.125. The van der Waals surface area contributed by atoms with Crippen molar-refractivity contribution in [2.45, 2.75) is 39.0 Å². The molecule has 1 N–H and O–H groups in total. The SMILES string of the molecule is COCCC(C)n1nnc(CO)c1C(C)OC. The quantitative estimate of drug-likeness (QED) is 0.776. The molecule has 0 fully saturated rings. The van der Waals surface area contributed by atoms with Crippen LogP contribution in [-0.4, -0.2) is 40.9 Å². The predicted octanol–water partition coefficient (Wildman–Crippen LogP) is 1.08. The van der Waals surface area contributed by atoms with Crippen LogP contribution in [0.3, 0.4) is 0 Å². The number of nitrogens with zero attached hydrogens (tertiary/aromatic N) is 3. The fraction of sp³-hybridized carbons (Fsp3) is 0.818. The largest absolute Gasteiger partial charge is 0.390 e. The standard InChI is InChI=1S/C11H21N3O3/c1-8(5-6-16-3)14-11(9(2)17-4)10(7-15)12-13-14/h8-9,15H,5-7H2,1-4H3. The Hall–Kier alpha value is -0.980. The van der Waals surface area contributed by atoms with E-state index in [2.05, 4.69) is 10.3 Å². The zero-order valence-corrected chi connectivity index (χ0v) is 10.9. The van der Waals surface area contributed by atoms with E-state index in [9.17, 15) is 5.11 Å². The maximum Gasteiger partial charge on any atom is 0.114 e. The molecular weight excluding hydrogens is 222 g/mol. The Bertz CT molecular complexity index is 341. The van der Waals surface area contributed by atoms with Crippen LogP contribution >= 0.6 is 0 Å². The lowest BCUT2D eigenvalue weighted by molar-refractivity contribution is 0.105. The van der Waals surface area contributed by atoms with E-state index in [1.54, 1.807) is 18.9 Å². The van der Waals surface area contributed by atoms with Crippen LogP contribution in [0.1, 0.15) is 43.8 Å². The monoisotopic (exact) mass is 243 g/mol. The molecule has 0 spiro atoms. The van der Waals surface area contributed by atoms with E-state index >= 15 is 0 Å². The van der Waals surface area contributed by atoms with Gasteiger partial charge in [-0.25, -0.2) is 4.68 Å². The van der Waals surface area contributed by atoms with Crippen molar-refractivity contribution in [2.24, 2.45) is 0 Å². The third-order valence-corrected chi connectivity index (χ3v) is 2.85. The van der Waals surface area contributed by atoms with Crippen LogP contribution in [0.15, 0.2) is 0 Å². The van der Waals surface area contributed by atoms with E-state index in [-0.39, 0.29) is 18.8 Å². The number of aliphatic hydroxyl groups excluding tert-OH is 1. The third-order valence-electron chi connectivity index (χ3n) is 2.85. The van der Waals surface area contributed by atoms with Crippen molar-refractivity contribution in [2.75, 3.05) is 20.8 Å². The summed E-state index contributed by atoms with van der Waals surface area (Å²) in [6.45, 7) is 4.49. The van der Waals surface area contributed by atoms with E-state index in [0.717, 1.165) is 12.1 Å². The first-order chi connectivity index (χ1) is 8.15. The van der Waals surface area contributed by atoms with Crippen molar-refractivity contribution in [3.05, 3.63) is 11.4 Å². The second-order valence-corrected chi connectivity index (χ2v) is 4.03. The molecule has 1 rings (SSSR count). The minimum Gasteiger partial charge on any atom is -0.390 e. The van der Waals surface area contributed by atoms with Crippen LogP contribution in [0.4, 0.5) is 0 Å². The Kier molecular flexibility index (Phi) is 5.54. The first kappa shape index (κ1) is 14.1. The van der Waals surface area contributed by atoms with Gasteiger partial charge in [-0.2, -0.15) is 0 Å². The summed E-state index contributed by atoms with van der Waals surface area (Å²) >= 11 is 0. The van der Waals surface area contributed by atoms with Gasteiger partial charge in [-0.15, -0.1) is 5.10 Å². The van der Waals surface area contributed by atoms with Crippen LogP contribution in [-0.2, 0) is 16.1 Å². The van der Waals surface area contributed by atoms with Crippen molar-refractivity contribution in [1.82, 2.24) is 15.0 Å². The number of aliphatic hydroxyl groups is 1. The van der Waals surface area contributed by atoms with Gasteiger partial charge < -0.3 is 14.6 Å². The molecule has 2 atom stereocenters. The van der Waals surface area contributed by atoms with Gasteiger partial charge >= 0.3 is 0 Å². The Morgan fingerprint density at radius 3 is 2.59 bits per heavy atom. The summed E-state index contributed by atoms with van der Waals surface area (Å²) in [5.41, 5.74) is 1.40. The molecule has 0 radical (unpaired) electrons. The van der Waals surface area contributed by atoms with Gasteiger partial charge in [-0.1, -0.05) is 5.21 Å². The molecule has 0 amide bonds.